The molecule has 1 saturated carbocycles. The molecule has 1 aliphatic rings. The molecule has 1 aliphatic carbocycles. The molecule has 0 aliphatic heterocycles. The Kier molecular flexibility index (Phi) is 4.25. The monoisotopic (exact) mass is 260 g/mol. The summed E-state index contributed by atoms with van der Waals surface area (Å²) in [6, 6.07) is 8.48. The fraction of sp³-hybridized carbons (Fsp3) is 0.562. The average Bonchev–Trinajstić information content (AvgIpc) is 3.22. The van der Waals surface area contributed by atoms with Crippen LogP contribution in [0.2, 0.25) is 0 Å². The van der Waals surface area contributed by atoms with E-state index in [1.165, 1.54) is 24.0 Å². The van der Waals surface area contributed by atoms with Gasteiger partial charge in [0.1, 0.15) is 0 Å². The molecule has 2 rings (SSSR count). The molecule has 1 amide bonds. The van der Waals surface area contributed by atoms with Crippen molar-refractivity contribution >= 4 is 5.91 Å². The first kappa shape index (κ1) is 14.1. The maximum Gasteiger partial charge on any atom is 0.224 e. The normalized spacial score (nSPS) is 17.9. The van der Waals surface area contributed by atoms with E-state index in [0.29, 0.717) is 12.3 Å². The van der Waals surface area contributed by atoms with E-state index in [0.717, 1.165) is 0 Å². The molecule has 1 aromatic rings. The molecule has 2 N–H and O–H groups in total. The number of carbonyl (C=O) groups excluding carboxylic acids is 1. The van der Waals surface area contributed by atoms with Crippen LogP contribution in [0.4, 0.5) is 0 Å². The second-order valence-electron chi connectivity index (χ2n) is 5.80. The third kappa shape index (κ3) is 3.57. The van der Waals surface area contributed by atoms with Gasteiger partial charge in [-0.2, -0.15) is 0 Å². The maximum absolute atomic E-state index is 12.2. The Morgan fingerprint density at radius 2 is 1.95 bits per heavy atom. The molecule has 2 atom stereocenters. The Morgan fingerprint density at radius 1 is 1.37 bits per heavy atom. The zero-order chi connectivity index (χ0) is 14.0. The smallest absolute Gasteiger partial charge is 0.224 e. The van der Waals surface area contributed by atoms with Gasteiger partial charge in [-0.05, 0) is 38.2 Å². The van der Waals surface area contributed by atoms with Crippen LogP contribution >= 0.6 is 0 Å². The van der Waals surface area contributed by atoms with Gasteiger partial charge >= 0.3 is 0 Å². The summed E-state index contributed by atoms with van der Waals surface area (Å²) in [5.41, 5.74) is 8.43. The topological polar surface area (TPSA) is 46.3 Å². The second-order valence-corrected chi connectivity index (χ2v) is 5.80. The molecule has 0 aromatic heterocycles. The van der Waals surface area contributed by atoms with Crippen molar-refractivity contribution in [1.82, 2.24) is 4.90 Å². The highest BCUT2D eigenvalue weighted by molar-refractivity contribution is 5.77. The summed E-state index contributed by atoms with van der Waals surface area (Å²) < 4.78 is 0. The predicted molar refractivity (Wildman–Crippen MR) is 77.7 cm³/mol. The van der Waals surface area contributed by atoms with Crippen molar-refractivity contribution in [2.75, 3.05) is 7.05 Å². The highest BCUT2D eigenvalue weighted by Crippen LogP contribution is 2.33. The summed E-state index contributed by atoms with van der Waals surface area (Å²) in [5, 5.41) is 0. The van der Waals surface area contributed by atoms with E-state index in [9.17, 15) is 4.79 Å². The van der Waals surface area contributed by atoms with Crippen molar-refractivity contribution in [3.63, 3.8) is 0 Å². The Hall–Kier alpha value is -1.35. The fourth-order valence-electron chi connectivity index (χ4n) is 2.32. The third-order valence-electron chi connectivity index (χ3n) is 4.17. The number of hydrogen-bond acceptors (Lipinski definition) is 2. The number of nitrogens with two attached hydrogens (primary N) is 1. The Bertz CT molecular complexity index is 437. The van der Waals surface area contributed by atoms with Gasteiger partial charge in [-0.3, -0.25) is 4.79 Å². The van der Waals surface area contributed by atoms with Crippen LogP contribution < -0.4 is 5.73 Å². The minimum absolute atomic E-state index is 0.0418. The summed E-state index contributed by atoms with van der Waals surface area (Å²) in [4.78, 5) is 14.0. The van der Waals surface area contributed by atoms with Gasteiger partial charge in [0.25, 0.3) is 0 Å². The van der Waals surface area contributed by atoms with Gasteiger partial charge < -0.3 is 10.6 Å². The molecule has 3 heteroatoms. The first-order chi connectivity index (χ1) is 8.99. The third-order valence-corrected chi connectivity index (χ3v) is 4.17. The van der Waals surface area contributed by atoms with Crippen molar-refractivity contribution < 1.29 is 4.79 Å². The lowest BCUT2D eigenvalue weighted by Gasteiger charge is -2.26. The molecule has 0 heterocycles. The van der Waals surface area contributed by atoms with Crippen LogP contribution in [0.5, 0.6) is 0 Å². The van der Waals surface area contributed by atoms with E-state index in [-0.39, 0.29) is 18.0 Å². The zero-order valence-electron chi connectivity index (χ0n) is 12.1. The van der Waals surface area contributed by atoms with Crippen LogP contribution in [-0.4, -0.2) is 23.9 Å². The summed E-state index contributed by atoms with van der Waals surface area (Å²) in [6.07, 6.45) is 2.84. The Balaban J connectivity index is 1.95. The zero-order valence-corrected chi connectivity index (χ0v) is 12.1. The van der Waals surface area contributed by atoms with Crippen LogP contribution in [0.3, 0.4) is 0 Å². The van der Waals surface area contributed by atoms with Crippen LogP contribution in [0.15, 0.2) is 24.3 Å². The van der Waals surface area contributed by atoms with Crippen LogP contribution in [-0.2, 0) is 4.79 Å². The fourth-order valence-corrected chi connectivity index (χ4v) is 2.32. The highest BCUT2D eigenvalue weighted by atomic mass is 16.2. The van der Waals surface area contributed by atoms with Crippen molar-refractivity contribution in [2.45, 2.75) is 45.2 Å². The Labute approximate surface area is 115 Å². The summed E-state index contributed by atoms with van der Waals surface area (Å²) in [5.74, 6) is 0.722. The highest BCUT2D eigenvalue weighted by Gasteiger charge is 2.31. The van der Waals surface area contributed by atoms with E-state index in [1.807, 2.05) is 11.9 Å². The van der Waals surface area contributed by atoms with Gasteiger partial charge in [-0.25, -0.2) is 0 Å². The largest absolute Gasteiger partial charge is 0.339 e. The molecule has 104 valence electrons. The van der Waals surface area contributed by atoms with Gasteiger partial charge in [0, 0.05) is 19.5 Å². The molecule has 1 fully saturated rings. The lowest BCUT2D eigenvalue weighted by Crippen LogP contribution is -2.35. The molecule has 3 nitrogen and oxygen atoms in total. The summed E-state index contributed by atoms with van der Waals surface area (Å²) >= 11 is 0. The molecular weight excluding hydrogens is 236 g/mol. The molecule has 0 saturated heterocycles. The number of nitrogens with zero attached hydrogens (tertiary/aromatic N) is 1. The van der Waals surface area contributed by atoms with E-state index >= 15 is 0 Å². The van der Waals surface area contributed by atoms with E-state index in [4.69, 9.17) is 5.73 Å². The molecule has 2 unspecified atom stereocenters. The van der Waals surface area contributed by atoms with Crippen molar-refractivity contribution in [3.05, 3.63) is 35.4 Å². The standard InChI is InChI=1S/C16H24N2O/c1-11-4-6-13(7-5-11)12(2)18(3)16(19)10-15(17)14-8-9-14/h4-7,12,14-15H,8-10,17H2,1-3H3. The van der Waals surface area contributed by atoms with Gasteiger partial charge in [0.2, 0.25) is 5.91 Å². The van der Waals surface area contributed by atoms with E-state index in [2.05, 4.69) is 38.1 Å². The number of hydrogen-bond donors (Lipinski definition) is 1. The summed E-state index contributed by atoms with van der Waals surface area (Å²) in [7, 11) is 1.87. The van der Waals surface area contributed by atoms with Crippen molar-refractivity contribution in [2.24, 2.45) is 11.7 Å². The SMILES string of the molecule is Cc1ccc(C(C)N(C)C(=O)CC(N)C2CC2)cc1. The molecule has 19 heavy (non-hydrogen) atoms. The first-order valence-corrected chi connectivity index (χ1v) is 7.07. The van der Waals surface area contributed by atoms with Gasteiger partial charge in [-0.1, -0.05) is 29.8 Å². The minimum Gasteiger partial charge on any atom is -0.339 e. The molecule has 0 bridgehead atoms. The number of benzene rings is 1. The molecule has 0 spiro atoms. The van der Waals surface area contributed by atoms with Crippen LogP contribution in [0, 0.1) is 12.8 Å². The molecular formula is C16H24N2O. The van der Waals surface area contributed by atoms with Crippen molar-refractivity contribution in [3.8, 4) is 0 Å². The molecule has 0 radical (unpaired) electrons. The van der Waals surface area contributed by atoms with Gasteiger partial charge in [0.15, 0.2) is 0 Å². The first-order valence-electron chi connectivity index (χ1n) is 7.07. The Morgan fingerprint density at radius 3 is 2.47 bits per heavy atom. The van der Waals surface area contributed by atoms with Crippen LogP contribution in [0.1, 0.15) is 43.4 Å². The van der Waals surface area contributed by atoms with Crippen LogP contribution in [0.25, 0.3) is 0 Å². The lowest BCUT2D eigenvalue weighted by molar-refractivity contribution is -0.132. The lowest BCUT2D eigenvalue weighted by atomic mass is 10.0. The van der Waals surface area contributed by atoms with Crippen molar-refractivity contribution in [1.29, 1.82) is 0 Å². The number of carbonyl (C=O) groups is 1. The number of aryl methyl sites for hydroxylation is 1. The van der Waals surface area contributed by atoms with E-state index in [1.54, 1.807) is 0 Å². The number of amides is 1. The van der Waals surface area contributed by atoms with Gasteiger partial charge in [0.05, 0.1) is 6.04 Å². The quantitative estimate of drug-likeness (QED) is 0.884. The minimum atomic E-state index is 0.0418. The number of rotatable bonds is 5. The molecule has 1 aromatic carbocycles. The predicted octanol–water partition coefficient (Wildman–Crippen LogP) is 2.64. The van der Waals surface area contributed by atoms with Gasteiger partial charge in [-0.15, -0.1) is 0 Å². The second kappa shape index (κ2) is 5.74. The average molecular weight is 260 g/mol. The van der Waals surface area contributed by atoms with E-state index < -0.39 is 0 Å². The summed E-state index contributed by atoms with van der Waals surface area (Å²) in [6.45, 7) is 4.13. The maximum atomic E-state index is 12.2.